The summed E-state index contributed by atoms with van der Waals surface area (Å²) in [4.78, 5) is 4.46. The molecule has 6 heteroatoms. The van der Waals surface area contributed by atoms with Crippen LogP contribution in [0.2, 0.25) is 0 Å². The molecule has 0 saturated heterocycles. The summed E-state index contributed by atoms with van der Waals surface area (Å²) in [6.07, 6.45) is 1.79. The van der Waals surface area contributed by atoms with E-state index in [-0.39, 0.29) is 0 Å². The Morgan fingerprint density at radius 2 is 1.88 bits per heavy atom. The van der Waals surface area contributed by atoms with Crippen molar-refractivity contribution in [2.45, 2.75) is 13.5 Å². The maximum absolute atomic E-state index is 5.30. The van der Waals surface area contributed by atoms with Gasteiger partial charge in [0, 0.05) is 19.9 Å². The quantitative estimate of drug-likeness (QED) is 0.697. The lowest BCUT2D eigenvalue weighted by atomic mass is 10.1. The standard InChI is InChI=1S/C18H20N4O2/c1-13-20-21-18(22(13)9-10-23-2)17-12-15(7-8-19-17)14-5-4-6-16(11-14)24-3/h4-8,11-12H,9-10H2,1-3H3. The van der Waals surface area contributed by atoms with Crippen LogP contribution in [-0.2, 0) is 11.3 Å². The molecule has 0 N–H and O–H groups in total. The number of pyridine rings is 1. The molecular weight excluding hydrogens is 304 g/mol. The molecule has 6 nitrogen and oxygen atoms in total. The summed E-state index contributed by atoms with van der Waals surface area (Å²) in [5.74, 6) is 2.41. The summed E-state index contributed by atoms with van der Waals surface area (Å²) in [5.41, 5.74) is 2.91. The third kappa shape index (κ3) is 3.28. The van der Waals surface area contributed by atoms with Crippen LogP contribution >= 0.6 is 0 Å². The minimum absolute atomic E-state index is 0.599. The maximum Gasteiger partial charge on any atom is 0.182 e. The Kier molecular flexibility index (Phi) is 4.86. The first-order chi connectivity index (χ1) is 11.7. The van der Waals surface area contributed by atoms with Gasteiger partial charge in [0.15, 0.2) is 5.82 Å². The lowest BCUT2D eigenvalue weighted by molar-refractivity contribution is 0.187. The van der Waals surface area contributed by atoms with Gasteiger partial charge in [-0.25, -0.2) is 0 Å². The molecular formula is C18H20N4O2. The van der Waals surface area contributed by atoms with Gasteiger partial charge in [-0.2, -0.15) is 0 Å². The van der Waals surface area contributed by atoms with E-state index in [9.17, 15) is 0 Å². The van der Waals surface area contributed by atoms with Crippen LogP contribution in [0.3, 0.4) is 0 Å². The molecule has 1 aromatic carbocycles. The molecule has 0 aliphatic carbocycles. The number of aromatic nitrogens is 4. The van der Waals surface area contributed by atoms with Crippen LogP contribution in [0.25, 0.3) is 22.6 Å². The molecule has 0 spiro atoms. The number of rotatable bonds is 6. The van der Waals surface area contributed by atoms with Crippen LogP contribution in [0.4, 0.5) is 0 Å². The fraction of sp³-hybridized carbons (Fsp3) is 0.278. The third-order valence-corrected chi connectivity index (χ3v) is 3.85. The van der Waals surface area contributed by atoms with E-state index in [1.54, 1.807) is 20.4 Å². The van der Waals surface area contributed by atoms with Crippen LogP contribution in [0.5, 0.6) is 5.75 Å². The van der Waals surface area contributed by atoms with Crippen LogP contribution in [0.15, 0.2) is 42.6 Å². The van der Waals surface area contributed by atoms with Crippen molar-refractivity contribution in [3.05, 3.63) is 48.4 Å². The maximum atomic E-state index is 5.30. The Morgan fingerprint density at radius 1 is 1.04 bits per heavy atom. The van der Waals surface area contributed by atoms with E-state index in [0.717, 1.165) is 34.2 Å². The molecule has 0 unspecified atom stereocenters. The highest BCUT2D eigenvalue weighted by Crippen LogP contribution is 2.26. The van der Waals surface area contributed by atoms with Gasteiger partial charge in [-0.1, -0.05) is 12.1 Å². The van der Waals surface area contributed by atoms with Gasteiger partial charge < -0.3 is 14.0 Å². The Labute approximate surface area is 141 Å². The smallest absolute Gasteiger partial charge is 0.182 e. The van der Waals surface area contributed by atoms with Crippen LogP contribution in [0.1, 0.15) is 5.82 Å². The Morgan fingerprint density at radius 3 is 2.67 bits per heavy atom. The molecule has 0 atom stereocenters. The van der Waals surface area contributed by atoms with Crippen LogP contribution in [-0.4, -0.2) is 40.6 Å². The molecule has 0 aliphatic heterocycles. The molecule has 0 radical (unpaired) electrons. The van der Waals surface area contributed by atoms with E-state index < -0.39 is 0 Å². The predicted molar refractivity (Wildman–Crippen MR) is 91.9 cm³/mol. The monoisotopic (exact) mass is 324 g/mol. The van der Waals surface area contributed by atoms with Crippen LogP contribution in [0, 0.1) is 6.92 Å². The van der Waals surface area contributed by atoms with Crippen molar-refractivity contribution < 1.29 is 9.47 Å². The van der Waals surface area contributed by atoms with E-state index in [1.165, 1.54) is 0 Å². The predicted octanol–water partition coefficient (Wildman–Crippen LogP) is 2.97. The second-order valence-corrected chi connectivity index (χ2v) is 5.38. The fourth-order valence-electron chi connectivity index (χ4n) is 2.56. The van der Waals surface area contributed by atoms with Crippen molar-refractivity contribution in [1.82, 2.24) is 19.7 Å². The van der Waals surface area contributed by atoms with Gasteiger partial charge in [0.05, 0.1) is 13.7 Å². The molecule has 0 saturated carbocycles. The summed E-state index contributed by atoms with van der Waals surface area (Å²) < 4.78 is 12.5. The van der Waals surface area contributed by atoms with Crippen molar-refractivity contribution in [3.8, 4) is 28.4 Å². The summed E-state index contributed by atoms with van der Waals surface area (Å²) in [6.45, 7) is 3.22. The van der Waals surface area contributed by atoms with Crippen molar-refractivity contribution in [2.75, 3.05) is 20.8 Å². The zero-order valence-electron chi connectivity index (χ0n) is 14.1. The molecule has 3 aromatic rings. The van der Waals surface area contributed by atoms with E-state index in [2.05, 4.69) is 15.2 Å². The molecule has 2 heterocycles. The zero-order chi connectivity index (χ0) is 16.9. The molecule has 0 fully saturated rings. The molecule has 0 bridgehead atoms. The third-order valence-electron chi connectivity index (χ3n) is 3.85. The van der Waals surface area contributed by atoms with E-state index in [4.69, 9.17) is 9.47 Å². The highest BCUT2D eigenvalue weighted by Gasteiger charge is 2.13. The van der Waals surface area contributed by atoms with Crippen molar-refractivity contribution in [2.24, 2.45) is 0 Å². The zero-order valence-corrected chi connectivity index (χ0v) is 14.1. The SMILES string of the molecule is COCCn1c(C)nnc1-c1cc(-c2cccc(OC)c2)ccn1. The van der Waals surface area contributed by atoms with E-state index >= 15 is 0 Å². The lowest BCUT2D eigenvalue weighted by Gasteiger charge is -2.09. The molecule has 24 heavy (non-hydrogen) atoms. The van der Waals surface area contributed by atoms with Gasteiger partial charge in [0.1, 0.15) is 17.3 Å². The summed E-state index contributed by atoms with van der Waals surface area (Å²) in [5, 5.41) is 8.45. The van der Waals surface area contributed by atoms with E-state index in [1.807, 2.05) is 47.9 Å². The van der Waals surface area contributed by atoms with Gasteiger partial charge in [-0.3, -0.25) is 4.98 Å². The topological polar surface area (TPSA) is 62.1 Å². The van der Waals surface area contributed by atoms with Gasteiger partial charge in [-0.05, 0) is 42.3 Å². The molecule has 3 rings (SSSR count). The first-order valence-electron chi connectivity index (χ1n) is 7.72. The number of methoxy groups -OCH3 is 2. The number of hydrogen-bond acceptors (Lipinski definition) is 5. The normalized spacial score (nSPS) is 10.8. The Bertz CT molecular complexity index is 829. The molecule has 0 aliphatic rings. The minimum Gasteiger partial charge on any atom is -0.497 e. The second kappa shape index (κ2) is 7.23. The largest absolute Gasteiger partial charge is 0.497 e. The number of nitrogens with zero attached hydrogens (tertiary/aromatic N) is 4. The molecule has 0 amide bonds. The van der Waals surface area contributed by atoms with E-state index in [0.29, 0.717) is 13.2 Å². The molecule has 124 valence electrons. The first kappa shape index (κ1) is 16.1. The highest BCUT2D eigenvalue weighted by atomic mass is 16.5. The van der Waals surface area contributed by atoms with Crippen molar-refractivity contribution in [3.63, 3.8) is 0 Å². The lowest BCUT2D eigenvalue weighted by Crippen LogP contribution is -2.08. The average Bonchev–Trinajstić information content (AvgIpc) is 3.00. The highest BCUT2D eigenvalue weighted by molar-refractivity contribution is 5.69. The summed E-state index contributed by atoms with van der Waals surface area (Å²) in [7, 11) is 3.35. The first-order valence-corrected chi connectivity index (χ1v) is 7.72. The van der Waals surface area contributed by atoms with Gasteiger partial charge in [0.25, 0.3) is 0 Å². The fourth-order valence-corrected chi connectivity index (χ4v) is 2.56. The number of hydrogen-bond donors (Lipinski definition) is 0. The minimum atomic E-state index is 0.599. The number of ether oxygens (including phenoxy) is 2. The summed E-state index contributed by atoms with van der Waals surface area (Å²) >= 11 is 0. The van der Waals surface area contributed by atoms with Crippen LogP contribution < -0.4 is 4.74 Å². The summed E-state index contributed by atoms with van der Waals surface area (Å²) in [6, 6.07) is 11.9. The average molecular weight is 324 g/mol. The number of benzene rings is 1. The Hall–Kier alpha value is -2.73. The van der Waals surface area contributed by atoms with Gasteiger partial charge >= 0.3 is 0 Å². The number of aryl methyl sites for hydroxylation is 1. The Balaban J connectivity index is 1.99. The second-order valence-electron chi connectivity index (χ2n) is 5.38. The van der Waals surface area contributed by atoms with Gasteiger partial charge in [0.2, 0.25) is 0 Å². The molecule has 2 aromatic heterocycles. The van der Waals surface area contributed by atoms with Crippen molar-refractivity contribution >= 4 is 0 Å². The van der Waals surface area contributed by atoms with Gasteiger partial charge in [-0.15, -0.1) is 10.2 Å². The van der Waals surface area contributed by atoms with Crippen molar-refractivity contribution in [1.29, 1.82) is 0 Å².